The summed E-state index contributed by atoms with van der Waals surface area (Å²) in [6, 6.07) is 6.85. The summed E-state index contributed by atoms with van der Waals surface area (Å²) in [6.45, 7) is 1.92. The highest BCUT2D eigenvalue weighted by atomic mass is 16.2. The molecule has 0 aromatic heterocycles. The van der Waals surface area contributed by atoms with Crippen molar-refractivity contribution in [1.82, 2.24) is 14.7 Å². The molecule has 30 heavy (non-hydrogen) atoms. The molecule has 0 radical (unpaired) electrons. The van der Waals surface area contributed by atoms with Crippen LogP contribution in [0.25, 0.3) is 0 Å². The molecule has 1 aromatic carbocycles. The van der Waals surface area contributed by atoms with Gasteiger partial charge in [-0.25, -0.2) is 9.69 Å². The molecule has 1 saturated heterocycles. The molecule has 0 unspecified atom stereocenters. The van der Waals surface area contributed by atoms with Crippen molar-refractivity contribution in [3.05, 3.63) is 29.8 Å². The zero-order chi connectivity index (χ0) is 22.0. The molecule has 2 atom stereocenters. The predicted octanol–water partition coefficient (Wildman–Crippen LogP) is 2.08. The largest absolute Gasteiger partial charge is 0.378 e. The lowest BCUT2D eigenvalue weighted by Gasteiger charge is -2.34. The lowest BCUT2D eigenvalue weighted by Crippen LogP contribution is -2.47. The van der Waals surface area contributed by atoms with E-state index < -0.39 is 24.4 Å². The number of hydrogen-bond donors (Lipinski definition) is 0. The molecule has 0 N–H and O–H groups in total. The fourth-order valence-corrected chi connectivity index (χ4v) is 4.15. The molecule has 162 valence electrons. The van der Waals surface area contributed by atoms with Crippen molar-refractivity contribution < 1.29 is 19.2 Å². The minimum Gasteiger partial charge on any atom is -0.378 e. The molecular weight excluding hydrogens is 384 g/mol. The van der Waals surface area contributed by atoms with Gasteiger partial charge in [0.05, 0.1) is 0 Å². The van der Waals surface area contributed by atoms with Crippen LogP contribution in [0.5, 0.6) is 0 Å². The first-order valence-corrected chi connectivity index (χ1v) is 10.4. The molecule has 2 aliphatic rings. The van der Waals surface area contributed by atoms with Crippen molar-refractivity contribution in [2.45, 2.75) is 45.2 Å². The van der Waals surface area contributed by atoms with Crippen LogP contribution in [-0.2, 0) is 20.9 Å². The van der Waals surface area contributed by atoms with E-state index in [-0.39, 0.29) is 17.9 Å². The quantitative estimate of drug-likeness (QED) is 0.526. The first-order valence-electron chi connectivity index (χ1n) is 10.4. The highest BCUT2D eigenvalue weighted by Gasteiger charge is 2.49. The van der Waals surface area contributed by atoms with Crippen molar-refractivity contribution in [2.75, 3.05) is 32.6 Å². The van der Waals surface area contributed by atoms with Gasteiger partial charge in [0, 0.05) is 39.4 Å². The molecule has 1 heterocycles. The molecule has 8 nitrogen and oxygen atoms in total. The smallest absolute Gasteiger partial charge is 0.334 e. The van der Waals surface area contributed by atoms with Gasteiger partial charge in [-0.05, 0) is 36.5 Å². The number of benzene rings is 1. The molecule has 3 rings (SSSR count). The van der Waals surface area contributed by atoms with Crippen LogP contribution in [0, 0.1) is 5.92 Å². The molecule has 1 saturated carbocycles. The Kier molecular flexibility index (Phi) is 6.43. The molecule has 0 bridgehead atoms. The summed E-state index contributed by atoms with van der Waals surface area (Å²) >= 11 is 0. The second-order valence-electron chi connectivity index (χ2n) is 8.49. The van der Waals surface area contributed by atoms with Gasteiger partial charge in [-0.1, -0.05) is 31.9 Å². The summed E-state index contributed by atoms with van der Waals surface area (Å²) in [5.74, 6) is -1.95. The number of carbonyl (C=O) groups is 4. The number of likely N-dealkylation sites (N-methyl/N-ethyl adjacent to an activating group) is 1. The Morgan fingerprint density at radius 2 is 1.63 bits per heavy atom. The first-order chi connectivity index (χ1) is 14.2. The number of rotatable bonds is 6. The average molecular weight is 415 g/mol. The number of amides is 5. The predicted molar refractivity (Wildman–Crippen MR) is 113 cm³/mol. The second kappa shape index (κ2) is 8.85. The molecule has 8 heteroatoms. The van der Waals surface area contributed by atoms with E-state index in [1.807, 2.05) is 50.2 Å². The van der Waals surface area contributed by atoms with Crippen LogP contribution in [0.4, 0.5) is 10.5 Å². The van der Waals surface area contributed by atoms with Gasteiger partial charge < -0.3 is 9.80 Å². The van der Waals surface area contributed by atoms with Crippen molar-refractivity contribution in [3.63, 3.8) is 0 Å². The summed E-state index contributed by atoms with van der Waals surface area (Å²) in [5.41, 5.74) is 1.99. The van der Waals surface area contributed by atoms with Gasteiger partial charge in [0.15, 0.2) is 0 Å². The molecule has 1 aromatic rings. The van der Waals surface area contributed by atoms with Crippen LogP contribution in [0.2, 0.25) is 0 Å². The van der Waals surface area contributed by atoms with Gasteiger partial charge in [0.2, 0.25) is 5.91 Å². The van der Waals surface area contributed by atoms with E-state index in [1.54, 1.807) is 7.05 Å². The number of imide groups is 2. The summed E-state index contributed by atoms with van der Waals surface area (Å²) in [5, 5.41) is 0. The van der Waals surface area contributed by atoms with E-state index in [1.165, 1.54) is 4.90 Å². The maximum Gasteiger partial charge on any atom is 0.334 e. The van der Waals surface area contributed by atoms with Crippen LogP contribution < -0.4 is 4.90 Å². The maximum absolute atomic E-state index is 12.8. The Balaban J connectivity index is 1.64. The van der Waals surface area contributed by atoms with Gasteiger partial charge in [-0.15, -0.1) is 0 Å². The van der Waals surface area contributed by atoms with E-state index in [2.05, 4.69) is 0 Å². The Labute approximate surface area is 177 Å². The third-order valence-corrected chi connectivity index (χ3v) is 6.07. The Hall–Kier alpha value is -2.90. The van der Waals surface area contributed by atoms with Gasteiger partial charge in [-0.3, -0.25) is 19.3 Å². The minimum atomic E-state index is -0.908. The number of urea groups is 1. The van der Waals surface area contributed by atoms with E-state index in [0.717, 1.165) is 40.3 Å². The summed E-state index contributed by atoms with van der Waals surface area (Å²) in [6.07, 6.45) is 3.61. The molecule has 1 aliphatic heterocycles. The monoisotopic (exact) mass is 414 g/mol. The topological polar surface area (TPSA) is 81.2 Å². The highest BCUT2D eigenvalue weighted by molar-refractivity contribution is 6.45. The van der Waals surface area contributed by atoms with E-state index in [4.69, 9.17) is 0 Å². The van der Waals surface area contributed by atoms with Crippen molar-refractivity contribution in [2.24, 2.45) is 5.92 Å². The van der Waals surface area contributed by atoms with Crippen molar-refractivity contribution in [1.29, 1.82) is 0 Å². The standard InChI is InChI=1S/C22H30N4O4/c1-15-7-5-6-8-18(15)26-21(29)20(28)25(22(26)30)14-19(27)24(4)13-16-9-11-17(12-10-16)23(2)3/h9-12,15,18H,5-8,13-14H2,1-4H3/t15-,18+/m0/s1. The van der Waals surface area contributed by atoms with Crippen LogP contribution >= 0.6 is 0 Å². The zero-order valence-corrected chi connectivity index (χ0v) is 18.1. The molecule has 5 amide bonds. The van der Waals surface area contributed by atoms with Crippen LogP contribution in [0.3, 0.4) is 0 Å². The summed E-state index contributed by atoms with van der Waals surface area (Å²) in [7, 11) is 5.52. The molecule has 0 spiro atoms. The molecule has 1 aliphatic carbocycles. The third kappa shape index (κ3) is 4.32. The third-order valence-electron chi connectivity index (χ3n) is 6.07. The minimum absolute atomic E-state index is 0.155. The maximum atomic E-state index is 12.8. The molecular formula is C22H30N4O4. The first kappa shape index (κ1) is 21.8. The van der Waals surface area contributed by atoms with Gasteiger partial charge in [0.25, 0.3) is 0 Å². The highest BCUT2D eigenvalue weighted by Crippen LogP contribution is 2.31. The number of carbonyl (C=O) groups excluding carboxylic acids is 4. The van der Waals surface area contributed by atoms with Crippen LogP contribution in [0.1, 0.15) is 38.2 Å². The lowest BCUT2D eigenvalue weighted by molar-refractivity contribution is -0.145. The van der Waals surface area contributed by atoms with Crippen LogP contribution in [0.15, 0.2) is 24.3 Å². The Morgan fingerprint density at radius 1 is 1.00 bits per heavy atom. The van der Waals surface area contributed by atoms with Gasteiger partial charge >= 0.3 is 17.8 Å². The fourth-order valence-electron chi connectivity index (χ4n) is 4.15. The van der Waals surface area contributed by atoms with Gasteiger partial charge in [-0.2, -0.15) is 0 Å². The van der Waals surface area contributed by atoms with Gasteiger partial charge in [0.1, 0.15) is 6.54 Å². The number of nitrogens with zero attached hydrogens (tertiary/aromatic N) is 4. The van der Waals surface area contributed by atoms with E-state index >= 15 is 0 Å². The van der Waals surface area contributed by atoms with Crippen molar-refractivity contribution >= 4 is 29.4 Å². The SMILES string of the molecule is C[C@H]1CCCC[C@H]1N1C(=O)C(=O)N(CC(=O)N(C)Cc2ccc(N(C)C)cc2)C1=O. The number of hydrogen-bond acceptors (Lipinski definition) is 5. The summed E-state index contributed by atoms with van der Waals surface area (Å²) in [4.78, 5) is 55.7. The van der Waals surface area contributed by atoms with E-state index in [9.17, 15) is 19.2 Å². The molecule has 2 fully saturated rings. The zero-order valence-electron chi connectivity index (χ0n) is 18.1. The second-order valence-corrected chi connectivity index (χ2v) is 8.49. The Bertz CT molecular complexity index is 836. The van der Waals surface area contributed by atoms with E-state index in [0.29, 0.717) is 13.0 Å². The van der Waals surface area contributed by atoms with Crippen LogP contribution in [-0.4, -0.2) is 72.2 Å². The Morgan fingerprint density at radius 3 is 2.23 bits per heavy atom. The summed E-state index contributed by atoms with van der Waals surface area (Å²) < 4.78 is 0. The lowest BCUT2D eigenvalue weighted by atomic mass is 9.85. The average Bonchev–Trinajstić information content (AvgIpc) is 2.92. The normalized spacial score (nSPS) is 21.9. The fraction of sp³-hybridized carbons (Fsp3) is 0.545. The number of anilines is 1. The van der Waals surface area contributed by atoms with Crippen molar-refractivity contribution in [3.8, 4) is 0 Å².